The summed E-state index contributed by atoms with van der Waals surface area (Å²) in [6.45, 7) is 4.98. The van der Waals surface area contributed by atoms with Gasteiger partial charge in [0, 0.05) is 32.1 Å². The number of nitrogens with one attached hydrogen (secondary N) is 1. The van der Waals surface area contributed by atoms with Crippen molar-refractivity contribution in [3.63, 3.8) is 0 Å². The molecule has 2 aliphatic heterocycles. The standard InChI is InChI=1S/C18H26N6/c1-12-20-16(13-5-4-8-19-10-13)9-18(21-12)24(2)11-17-14-6-3-7-15(14)22-23-17/h9,13,17,19H,3-8,10-11H2,1-2H3/t13-,17+/m1/s1. The van der Waals surface area contributed by atoms with Gasteiger partial charge in [-0.25, -0.2) is 9.97 Å². The maximum atomic E-state index is 4.70. The summed E-state index contributed by atoms with van der Waals surface area (Å²) < 4.78 is 0. The minimum absolute atomic E-state index is 0.211. The molecule has 0 aromatic carbocycles. The van der Waals surface area contributed by atoms with Crippen LogP contribution in [0, 0.1) is 6.92 Å². The van der Waals surface area contributed by atoms with Gasteiger partial charge in [-0.2, -0.15) is 10.2 Å². The third-order valence-electron chi connectivity index (χ3n) is 5.35. The van der Waals surface area contributed by atoms with Crippen LogP contribution in [0.15, 0.2) is 27.6 Å². The van der Waals surface area contributed by atoms with Crippen LogP contribution in [0.1, 0.15) is 49.5 Å². The van der Waals surface area contributed by atoms with Crippen LogP contribution in [0.25, 0.3) is 0 Å². The molecule has 3 aliphatic rings. The molecular formula is C18H26N6. The molecular weight excluding hydrogens is 300 g/mol. The van der Waals surface area contributed by atoms with E-state index in [1.165, 1.54) is 36.2 Å². The van der Waals surface area contributed by atoms with Crippen LogP contribution < -0.4 is 10.2 Å². The molecule has 1 fully saturated rings. The number of piperidine rings is 1. The Morgan fingerprint density at radius 2 is 2.17 bits per heavy atom. The maximum Gasteiger partial charge on any atom is 0.132 e. The van der Waals surface area contributed by atoms with Crippen LogP contribution in [0.2, 0.25) is 0 Å². The van der Waals surface area contributed by atoms with E-state index in [2.05, 4.69) is 38.5 Å². The number of likely N-dealkylation sites (N-methyl/N-ethyl adjacent to an activating group) is 1. The molecule has 0 saturated carbocycles. The first-order valence-corrected chi connectivity index (χ1v) is 9.11. The van der Waals surface area contributed by atoms with Crippen molar-refractivity contribution in [3.05, 3.63) is 28.9 Å². The molecule has 128 valence electrons. The summed E-state index contributed by atoms with van der Waals surface area (Å²) in [7, 11) is 2.10. The lowest BCUT2D eigenvalue weighted by atomic mass is 9.96. The van der Waals surface area contributed by atoms with Crippen LogP contribution in [0.5, 0.6) is 0 Å². The van der Waals surface area contributed by atoms with E-state index < -0.39 is 0 Å². The Balaban J connectivity index is 1.50. The van der Waals surface area contributed by atoms with E-state index in [9.17, 15) is 0 Å². The van der Waals surface area contributed by atoms with Crippen LogP contribution in [0.3, 0.4) is 0 Å². The predicted molar refractivity (Wildman–Crippen MR) is 94.4 cm³/mol. The molecule has 2 atom stereocenters. The van der Waals surface area contributed by atoms with Gasteiger partial charge in [0.15, 0.2) is 0 Å². The van der Waals surface area contributed by atoms with E-state index >= 15 is 0 Å². The summed E-state index contributed by atoms with van der Waals surface area (Å²) in [5.41, 5.74) is 3.86. The van der Waals surface area contributed by atoms with Gasteiger partial charge in [0.1, 0.15) is 17.7 Å². The fourth-order valence-corrected chi connectivity index (χ4v) is 4.02. The highest BCUT2D eigenvalue weighted by molar-refractivity contribution is 5.41. The SMILES string of the molecule is Cc1nc([C@@H]2CCCNC2)cc(N(C)C[C@@H]2N=NC3=C2CCC3)n1. The number of azo groups is 1. The number of anilines is 1. The number of rotatable bonds is 4. The Morgan fingerprint density at radius 1 is 1.25 bits per heavy atom. The largest absolute Gasteiger partial charge is 0.357 e. The van der Waals surface area contributed by atoms with E-state index in [-0.39, 0.29) is 6.04 Å². The maximum absolute atomic E-state index is 4.70. The van der Waals surface area contributed by atoms with E-state index in [1.807, 2.05) is 6.92 Å². The third kappa shape index (κ3) is 3.07. The summed E-state index contributed by atoms with van der Waals surface area (Å²) in [4.78, 5) is 11.6. The Hall–Kier alpha value is -1.82. The van der Waals surface area contributed by atoms with Gasteiger partial charge in [-0.1, -0.05) is 0 Å². The number of hydrogen-bond donors (Lipinski definition) is 1. The second kappa shape index (κ2) is 6.59. The molecule has 3 heterocycles. The number of aryl methyl sites for hydroxylation is 1. The topological polar surface area (TPSA) is 65.8 Å². The zero-order chi connectivity index (χ0) is 16.5. The van der Waals surface area contributed by atoms with Crippen molar-refractivity contribution in [1.82, 2.24) is 15.3 Å². The first kappa shape index (κ1) is 15.7. The molecule has 24 heavy (non-hydrogen) atoms. The highest BCUT2D eigenvalue weighted by Crippen LogP contribution is 2.36. The van der Waals surface area contributed by atoms with E-state index in [0.29, 0.717) is 5.92 Å². The molecule has 1 aliphatic carbocycles. The quantitative estimate of drug-likeness (QED) is 0.924. The van der Waals surface area contributed by atoms with Crippen LogP contribution in [-0.2, 0) is 0 Å². The molecule has 0 spiro atoms. The van der Waals surface area contributed by atoms with E-state index in [0.717, 1.165) is 44.1 Å². The normalized spacial score (nSPS) is 26.1. The fraction of sp³-hybridized carbons (Fsp3) is 0.667. The van der Waals surface area contributed by atoms with E-state index in [1.54, 1.807) is 0 Å². The number of hydrogen-bond acceptors (Lipinski definition) is 6. The molecule has 6 nitrogen and oxygen atoms in total. The average Bonchev–Trinajstić information content (AvgIpc) is 3.20. The van der Waals surface area contributed by atoms with E-state index in [4.69, 9.17) is 4.98 Å². The molecule has 1 aromatic heterocycles. The lowest BCUT2D eigenvalue weighted by Gasteiger charge is -2.25. The number of allylic oxidation sites excluding steroid dienone is 1. The molecule has 0 bridgehead atoms. The van der Waals surface area contributed by atoms with Gasteiger partial charge in [-0.05, 0) is 51.1 Å². The van der Waals surface area contributed by atoms with Crippen molar-refractivity contribution < 1.29 is 0 Å². The van der Waals surface area contributed by atoms with Crippen LogP contribution >= 0.6 is 0 Å². The van der Waals surface area contributed by atoms with Gasteiger partial charge in [-0.3, -0.25) is 0 Å². The first-order chi connectivity index (χ1) is 11.7. The lowest BCUT2D eigenvalue weighted by Crippen LogP contribution is -2.31. The van der Waals surface area contributed by atoms with Crippen molar-refractivity contribution in [2.75, 3.05) is 31.6 Å². The molecule has 1 aromatic rings. The molecule has 1 saturated heterocycles. The molecule has 0 amide bonds. The van der Waals surface area contributed by atoms with Crippen molar-refractivity contribution in [2.45, 2.75) is 51.0 Å². The highest BCUT2D eigenvalue weighted by atomic mass is 15.2. The molecule has 1 N–H and O–H groups in total. The second-order valence-electron chi connectivity index (χ2n) is 7.18. The van der Waals surface area contributed by atoms with Gasteiger partial charge in [-0.15, -0.1) is 0 Å². The van der Waals surface area contributed by atoms with Gasteiger partial charge >= 0.3 is 0 Å². The fourth-order valence-electron chi connectivity index (χ4n) is 4.02. The Bertz CT molecular complexity index is 674. The molecule has 0 unspecified atom stereocenters. The van der Waals surface area contributed by atoms with Crippen molar-refractivity contribution in [1.29, 1.82) is 0 Å². The second-order valence-corrected chi connectivity index (χ2v) is 7.18. The molecule has 4 rings (SSSR count). The minimum atomic E-state index is 0.211. The molecule has 6 heteroatoms. The summed E-state index contributed by atoms with van der Waals surface area (Å²) in [6, 6.07) is 2.38. The van der Waals surface area contributed by atoms with Crippen molar-refractivity contribution in [2.24, 2.45) is 10.2 Å². The van der Waals surface area contributed by atoms with Gasteiger partial charge in [0.2, 0.25) is 0 Å². The van der Waals surface area contributed by atoms with Gasteiger partial charge < -0.3 is 10.2 Å². The zero-order valence-corrected chi connectivity index (χ0v) is 14.6. The predicted octanol–water partition coefficient (Wildman–Crippen LogP) is 2.96. The average molecular weight is 326 g/mol. The summed E-state index contributed by atoms with van der Waals surface area (Å²) in [5.74, 6) is 2.36. The number of aromatic nitrogens is 2. The zero-order valence-electron chi connectivity index (χ0n) is 14.6. The van der Waals surface area contributed by atoms with Crippen LogP contribution in [-0.4, -0.2) is 42.7 Å². The third-order valence-corrected chi connectivity index (χ3v) is 5.35. The highest BCUT2D eigenvalue weighted by Gasteiger charge is 2.29. The van der Waals surface area contributed by atoms with Crippen molar-refractivity contribution >= 4 is 5.82 Å². The summed E-state index contributed by atoms with van der Waals surface area (Å²) >= 11 is 0. The Kier molecular flexibility index (Phi) is 4.31. The summed E-state index contributed by atoms with van der Waals surface area (Å²) in [6.07, 6.45) is 5.92. The van der Waals surface area contributed by atoms with Crippen molar-refractivity contribution in [3.8, 4) is 0 Å². The molecule has 0 radical (unpaired) electrons. The monoisotopic (exact) mass is 326 g/mol. The van der Waals surface area contributed by atoms with Gasteiger partial charge in [0.05, 0.1) is 11.4 Å². The number of nitrogens with zero attached hydrogens (tertiary/aromatic N) is 5. The lowest BCUT2D eigenvalue weighted by molar-refractivity contribution is 0.453. The summed E-state index contributed by atoms with van der Waals surface area (Å²) in [5, 5.41) is 12.3. The smallest absolute Gasteiger partial charge is 0.132 e. The van der Waals surface area contributed by atoms with Crippen LogP contribution in [0.4, 0.5) is 5.82 Å². The first-order valence-electron chi connectivity index (χ1n) is 9.11. The minimum Gasteiger partial charge on any atom is -0.357 e. The Labute approximate surface area is 143 Å². The Morgan fingerprint density at radius 3 is 3.00 bits per heavy atom. The van der Waals surface area contributed by atoms with Gasteiger partial charge in [0.25, 0.3) is 0 Å².